The second-order valence-electron chi connectivity index (χ2n) is 8.17. The van der Waals surface area contributed by atoms with Crippen LogP contribution < -0.4 is 16.4 Å². The average Bonchev–Trinajstić information content (AvgIpc) is 3.14. The number of anilines is 1. The number of benzene rings is 2. The van der Waals surface area contributed by atoms with Crippen molar-refractivity contribution in [2.24, 2.45) is 0 Å². The van der Waals surface area contributed by atoms with E-state index in [0.29, 0.717) is 18.6 Å². The molecule has 33 heavy (non-hydrogen) atoms. The number of nitrogen functional groups attached to an aromatic ring is 1. The summed E-state index contributed by atoms with van der Waals surface area (Å²) in [7, 11) is 0. The van der Waals surface area contributed by atoms with Gasteiger partial charge in [-0.15, -0.1) is 9.50 Å². The van der Waals surface area contributed by atoms with E-state index < -0.39 is 0 Å². The Labute approximate surface area is 191 Å². The second-order valence-corrected chi connectivity index (χ2v) is 8.17. The molecule has 0 aliphatic rings. The van der Waals surface area contributed by atoms with E-state index in [9.17, 15) is 4.79 Å². The van der Waals surface area contributed by atoms with Crippen molar-refractivity contribution in [3.05, 3.63) is 100 Å². The fourth-order valence-corrected chi connectivity index (χ4v) is 4.24. The van der Waals surface area contributed by atoms with E-state index in [1.54, 1.807) is 0 Å². The smallest absolute Gasteiger partial charge is 0.290 e. The molecule has 0 saturated carbocycles. The van der Waals surface area contributed by atoms with Crippen molar-refractivity contribution in [1.82, 2.24) is 19.2 Å². The topological polar surface area (TPSA) is 92.3 Å². The van der Waals surface area contributed by atoms with Crippen LogP contribution >= 0.6 is 0 Å². The minimum atomic E-state index is -0.266. The Morgan fingerprint density at radius 3 is 2.21 bits per heavy atom. The Morgan fingerprint density at radius 1 is 0.909 bits per heavy atom. The van der Waals surface area contributed by atoms with Gasteiger partial charge < -0.3 is 0 Å². The molecule has 0 unspecified atom stereocenters. The van der Waals surface area contributed by atoms with Crippen LogP contribution in [0.25, 0.3) is 28.0 Å². The number of nitrogens with two attached hydrogens (primary N) is 1. The summed E-state index contributed by atoms with van der Waals surface area (Å²) in [5.74, 6) is 0.242. The number of hydrogen-bond donors (Lipinski definition) is 1. The summed E-state index contributed by atoms with van der Waals surface area (Å²) >= 11 is 0. The number of hydrogen-bond acceptors (Lipinski definition) is 4. The molecular weight excluding hydrogens is 412 g/mol. The summed E-state index contributed by atoms with van der Waals surface area (Å²) in [5, 5.41) is 4.76. The number of fused-ring (bicyclic) bond motifs is 1. The van der Waals surface area contributed by atoms with Crippen molar-refractivity contribution < 1.29 is 4.98 Å². The first-order valence-electron chi connectivity index (χ1n) is 10.9. The number of nitrogens with one attached hydrogen (secondary N) is 1. The Kier molecular flexibility index (Phi) is 5.22. The van der Waals surface area contributed by atoms with Crippen molar-refractivity contribution in [3.63, 3.8) is 0 Å². The summed E-state index contributed by atoms with van der Waals surface area (Å²) in [6, 6.07) is 24.0. The van der Waals surface area contributed by atoms with Crippen LogP contribution in [0.2, 0.25) is 0 Å². The Balaban J connectivity index is 1.75. The SMILES string of the molecule is Cc1cc(-c2c(-c3ccccc3)[nH+]c(N)n3c(=O)n(CCc4ccccc4)nc23)cc(C)n1. The van der Waals surface area contributed by atoms with Crippen LogP contribution in [0.15, 0.2) is 77.6 Å². The lowest BCUT2D eigenvalue weighted by Crippen LogP contribution is -2.28. The van der Waals surface area contributed by atoms with Gasteiger partial charge in [-0.25, -0.2) is 9.78 Å². The molecule has 2 aromatic carbocycles. The average molecular weight is 438 g/mol. The molecule has 0 aliphatic heterocycles. The van der Waals surface area contributed by atoms with Crippen LogP contribution in [0, 0.1) is 13.8 Å². The van der Waals surface area contributed by atoms with Crippen molar-refractivity contribution in [2.75, 3.05) is 5.73 Å². The second kappa shape index (κ2) is 8.35. The molecule has 0 fully saturated rings. The number of aromatic amines is 1. The molecule has 7 nitrogen and oxygen atoms in total. The lowest BCUT2D eigenvalue weighted by Gasteiger charge is -2.10. The number of pyridine rings is 1. The number of nitrogens with zero attached hydrogens (tertiary/aromatic N) is 4. The third-order valence-corrected chi connectivity index (χ3v) is 5.69. The van der Waals surface area contributed by atoms with Gasteiger partial charge in [0.15, 0.2) is 0 Å². The van der Waals surface area contributed by atoms with Crippen LogP contribution in [0.1, 0.15) is 17.0 Å². The van der Waals surface area contributed by atoms with E-state index in [2.05, 4.69) is 9.97 Å². The number of H-pyrrole nitrogens is 1. The molecule has 3 N–H and O–H groups in total. The van der Waals surface area contributed by atoms with E-state index in [1.165, 1.54) is 9.08 Å². The molecule has 0 aliphatic carbocycles. The maximum Gasteiger partial charge on any atom is 0.411 e. The summed E-state index contributed by atoms with van der Waals surface area (Å²) < 4.78 is 2.95. The largest absolute Gasteiger partial charge is 0.411 e. The highest BCUT2D eigenvalue weighted by atomic mass is 16.2. The third kappa shape index (κ3) is 3.89. The monoisotopic (exact) mass is 437 g/mol. The first-order valence-corrected chi connectivity index (χ1v) is 10.9. The van der Waals surface area contributed by atoms with Gasteiger partial charge in [-0.1, -0.05) is 60.7 Å². The first-order chi connectivity index (χ1) is 16.0. The zero-order valence-electron chi connectivity index (χ0n) is 18.6. The quantitative estimate of drug-likeness (QED) is 0.456. The highest BCUT2D eigenvalue weighted by Crippen LogP contribution is 2.32. The maximum atomic E-state index is 13.3. The van der Waals surface area contributed by atoms with Gasteiger partial charge in [0.1, 0.15) is 5.69 Å². The van der Waals surface area contributed by atoms with E-state index in [1.807, 2.05) is 86.6 Å². The molecule has 7 heteroatoms. The number of rotatable bonds is 5. The highest BCUT2D eigenvalue weighted by Gasteiger charge is 2.25. The zero-order chi connectivity index (χ0) is 22.9. The highest BCUT2D eigenvalue weighted by molar-refractivity contribution is 5.88. The normalized spacial score (nSPS) is 11.2. The van der Waals surface area contributed by atoms with Gasteiger partial charge in [0.2, 0.25) is 5.65 Å². The van der Waals surface area contributed by atoms with Crippen LogP contribution in [0.3, 0.4) is 0 Å². The van der Waals surface area contributed by atoms with Crippen LogP contribution in [0.4, 0.5) is 5.95 Å². The first kappa shape index (κ1) is 20.6. The Hall–Kier alpha value is -4.26. The van der Waals surface area contributed by atoms with Gasteiger partial charge in [0.05, 0.1) is 12.1 Å². The molecule has 0 saturated heterocycles. The molecule has 0 spiro atoms. The predicted molar refractivity (Wildman–Crippen MR) is 129 cm³/mol. The minimum absolute atomic E-state index is 0.242. The Morgan fingerprint density at radius 2 is 1.55 bits per heavy atom. The molecule has 0 amide bonds. The van der Waals surface area contributed by atoms with Crippen molar-refractivity contribution in [1.29, 1.82) is 0 Å². The van der Waals surface area contributed by atoms with Crippen molar-refractivity contribution in [3.8, 4) is 22.4 Å². The van der Waals surface area contributed by atoms with Gasteiger partial charge in [-0.3, -0.25) is 10.7 Å². The third-order valence-electron chi connectivity index (χ3n) is 5.69. The van der Waals surface area contributed by atoms with Crippen LogP contribution in [-0.2, 0) is 13.0 Å². The molecule has 0 atom stereocenters. The molecule has 5 aromatic rings. The summed E-state index contributed by atoms with van der Waals surface area (Å²) in [4.78, 5) is 21.1. The van der Waals surface area contributed by atoms with Crippen molar-refractivity contribution >= 4 is 11.6 Å². The molecule has 3 heterocycles. The Bertz CT molecular complexity index is 1480. The van der Waals surface area contributed by atoms with Gasteiger partial charge in [0.25, 0.3) is 0 Å². The fraction of sp³-hybridized carbons (Fsp3) is 0.154. The molecule has 0 radical (unpaired) electrons. The van der Waals surface area contributed by atoms with Gasteiger partial charge in [-0.2, -0.15) is 4.68 Å². The summed E-state index contributed by atoms with van der Waals surface area (Å²) in [6.45, 7) is 4.38. The van der Waals surface area contributed by atoms with E-state index >= 15 is 0 Å². The standard InChI is InChI=1S/C26H24N6O/c1-17-15-21(16-18(2)28-17)22-23(20-11-7-4-8-12-20)29-25(27)32-24(22)30-31(26(32)33)14-13-19-9-5-3-6-10-19/h3-12,15-16H,13-14H2,1-2H3,(H2,27,29)/p+1. The molecule has 3 aromatic heterocycles. The van der Waals surface area contributed by atoms with E-state index in [0.717, 1.165) is 39.3 Å². The summed E-state index contributed by atoms with van der Waals surface area (Å²) in [5.41, 5.74) is 13.1. The minimum Gasteiger partial charge on any atom is -0.290 e. The van der Waals surface area contributed by atoms with Crippen LogP contribution in [-0.4, -0.2) is 19.2 Å². The van der Waals surface area contributed by atoms with Gasteiger partial charge in [-0.05, 0) is 43.5 Å². The zero-order valence-corrected chi connectivity index (χ0v) is 18.6. The van der Waals surface area contributed by atoms with Gasteiger partial charge >= 0.3 is 11.6 Å². The number of aromatic nitrogens is 5. The molecule has 164 valence electrons. The maximum absolute atomic E-state index is 13.3. The van der Waals surface area contributed by atoms with E-state index in [-0.39, 0.29) is 11.6 Å². The van der Waals surface area contributed by atoms with E-state index in [4.69, 9.17) is 10.8 Å². The predicted octanol–water partition coefficient (Wildman–Crippen LogP) is 3.48. The molecule has 5 rings (SSSR count). The molecule has 0 bridgehead atoms. The molecular formula is C26H25N6O+. The van der Waals surface area contributed by atoms with Crippen molar-refractivity contribution in [2.45, 2.75) is 26.8 Å². The van der Waals surface area contributed by atoms with Gasteiger partial charge in [0, 0.05) is 17.0 Å². The number of aryl methyl sites for hydroxylation is 4. The lowest BCUT2D eigenvalue weighted by atomic mass is 9.99. The fourth-order valence-electron chi connectivity index (χ4n) is 4.24. The van der Waals surface area contributed by atoms with Crippen LogP contribution in [0.5, 0.6) is 0 Å². The lowest BCUT2D eigenvalue weighted by molar-refractivity contribution is -0.351. The summed E-state index contributed by atoms with van der Waals surface area (Å²) in [6.07, 6.45) is 0.697.